The van der Waals surface area contributed by atoms with Crippen LogP contribution in [-0.4, -0.2) is 36.7 Å². The number of ether oxygens (including phenoxy) is 1. The van der Waals surface area contributed by atoms with Crippen LogP contribution in [-0.2, 0) is 11.3 Å². The van der Waals surface area contributed by atoms with E-state index in [0.717, 1.165) is 31.6 Å². The van der Waals surface area contributed by atoms with E-state index in [-0.39, 0.29) is 12.1 Å². The molecule has 0 aromatic heterocycles. The van der Waals surface area contributed by atoms with Crippen LogP contribution in [0.2, 0.25) is 0 Å². The second kappa shape index (κ2) is 7.29. The molecule has 20 heavy (non-hydrogen) atoms. The van der Waals surface area contributed by atoms with Crippen molar-refractivity contribution in [3.63, 3.8) is 0 Å². The maximum Gasteiger partial charge on any atom is 0.410 e. The fourth-order valence-corrected chi connectivity index (χ4v) is 2.56. The van der Waals surface area contributed by atoms with Crippen molar-refractivity contribution >= 4 is 6.09 Å². The molecular formula is C16H24N2O2. The van der Waals surface area contributed by atoms with E-state index in [0.29, 0.717) is 12.5 Å². The molecule has 4 nitrogen and oxygen atoms in total. The topological polar surface area (TPSA) is 41.6 Å². The predicted molar refractivity (Wildman–Crippen MR) is 79.4 cm³/mol. The first-order chi connectivity index (χ1) is 9.66. The summed E-state index contributed by atoms with van der Waals surface area (Å²) in [6.07, 6.45) is 0.814. The highest BCUT2D eigenvalue weighted by atomic mass is 16.6. The largest absolute Gasteiger partial charge is 0.445 e. The Kier molecular flexibility index (Phi) is 5.41. The summed E-state index contributed by atoms with van der Waals surface area (Å²) in [6, 6.07) is 10.0. The van der Waals surface area contributed by atoms with Gasteiger partial charge in [-0.2, -0.15) is 0 Å². The highest BCUT2D eigenvalue weighted by molar-refractivity contribution is 5.68. The lowest BCUT2D eigenvalue weighted by Gasteiger charge is -2.36. The number of piperazine rings is 1. The SMILES string of the molecule is CC(C)C[C@H]1CNCCN1C(=O)OCc1ccccc1. The van der Waals surface area contributed by atoms with Crippen LogP contribution in [0.3, 0.4) is 0 Å². The van der Waals surface area contributed by atoms with Gasteiger partial charge in [-0.3, -0.25) is 0 Å². The minimum Gasteiger partial charge on any atom is -0.445 e. The number of amides is 1. The predicted octanol–water partition coefficient (Wildman–Crippen LogP) is 2.64. The standard InChI is InChI=1S/C16H24N2O2/c1-13(2)10-15-11-17-8-9-18(15)16(19)20-12-14-6-4-3-5-7-14/h3-7,13,15,17H,8-12H2,1-2H3/t15-/m0/s1. The van der Waals surface area contributed by atoms with Gasteiger partial charge < -0.3 is 15.0 Å². The smallest absolute Gasteiger partial charge is 0.410 e. The van der Waals surface area contributed by atoms with E-state index in [9.17, 15) is 4.79 Å². The van der Waals surface area contributed by atoms with E-state index in [4.69, 9.17) is 4.74 Å². The Balaban J connectivity index is 1.89. The Labute approximate surface area is 121 Å². The summed E-state index contributed by atoms with van der Waals surface area (Å²) in [4.78, 5) is 14.1. The van der Waals surface area contributed by atoms with Gasteiger partial charge in [0.2, 0.25) is 0 Å². The zero-order valence-corrected chi connectivity index (χ0v) is 12.3. The molecule has 0 aliphatic carbocycles. The number of hydrogen-bond donors (Lipinski definition) is 1. The lowest BCUT2D eigenvalue weighted by Crippen LogP contribution is -2.54. The maximum absolute atomic E-state index is 12.2. The third kappa shape index (κ3) is 4.23. The Hall–Kier alpha value is -1.55. The van der Waals surface area contributed by atoms with Crippen LogP contribution in [0.5, 0.6) is 0 Å². The van der Waals surface area contributed by atoms with Crippen molar-refractivity contribution in [2.24, 2.45) is 5.92 Å². The fourth-order valence-electron chi connectivity index (χ4n) is 2.56. The molecule has 0 bridgehead atoms. The van der Waals surface area contributed by atoms with Crippen molar-refractivity contribution in [2.45, 2.75) is 32.9 Å². The molecule has 0 radical (unpaired) electrons. The molecule has 1 aliphatic rings. The average Bonchev–Trinajstić information content (AvgIpc) is 2.46. The molecule has 1 aliphatic heterocycles. The van der Waals surface area contributed by atoms with Gasteiger partial charge in [-0.1, -0.05) is 44.2 Å². The van der Waals surface area contributed by atoms with Crippen LogP contribution >= 0.6 is 0 Å². The molecule has 1 N–H and O–H groups in total. The van der Waals surface area contributed by atoms with E-state index >= 15 is 0 Å². The third-order valence-electron chi connectivity index (χ3n) is 3.53. The van der Waals surface area contributed by atoms with E-state index in [1.165, 1.54) is 0 Å². The summed E-state index contributed by atoms with van der Waals surface area (Å²) < 4.78 is 5.44. The van der Waals surface area contributed by atoms with Crippen LogP contribution < -0.4 is 5.32 Å². The van der Waals surface area contributed by atoms with Gasteiger partial charge >= 0.3 is 6.09 Å². The average molecular weight is 276 g/mol. The molecule has 1 heterocycles. The minimum absolute atomic E-state index is 0.194. The second-order valence-corrected chi connectivity index (χ2v) is 5.72. The third-order valence-corrected chi connectivity index (χ3v) is 3.53. The first kappa shape index (κ1) is 14.9. The van der Waals surface area contributed by atoms with Crippen molar-refractivity contribution in [3.05, 3.63) is 35.9 Å². The molecular weight excluding hydrogens is 252 g/mol. The van der Waals surface area contributed by atoms with Crippen molar-refractivity contribution in [3.8, 4) is 0 Å². The Morgan fingerprint density at radius 2 is 2.15 bits per heavy atom. The Morgan fingerprint density at radius 3 is 2.85 bits per heavy atom. The molecule has 1 aromatic carbocycles. The van der Waals surface area contributed by atoms with Gasteiger partial charge in [0.1, 0.15) is 6.61 Å². The van der Waals surface area contributed by atoms with Crippen molar-refractivity contribution < 1.29 is 9.53 Å². The van der Waals surface area contributed by atoms with Gasteiger partial charge in [0.05, 0.1) is 0 Å². The molecule has 1 aromatic rings. The minimum atomic E-state index is -0.194. The van der Waals surface area contributed by atoms with Gasteiger partial charge in [0, 0.05) is 25.7 Å². The molecule has 1 saturated heterocycles. The molecule has 2 rings (SSSR count). The number of benzene rings is 1. The van der Waals surface area contributed by atoms with E-state index in [2.05, 4.69) is 19.2 Å². The maximum atomic E-state index is 12.2. The molecule has 1 fully saturated rings. The van der Waals surface area contributed by atoms with E-state index < -0.39 is 0 Å². The van der Waals surface area contributed by atoms with Crippen LogP contribution in [0.1, 0.15) is 25.8 Å². The van der Waals surface area contributed by atoms with Gasteiger partial charge in [0.25, 0.3) is 0 Å². The van der Waals surface area contributed by atoms with Crippen molar-refractivity contribution in [1.82, 2.24) is 10.2 Å². The zero-order chi connectivity index (χ0) is 14.4. The lowest BCUT2D eigenvalue weighted by molar-refractivity contribution is 0.0674. The van der Waals surface area contributed by atoms with Gasteiger partial charge in [-0.15, -0.1) is 0 Å². The van der Waals surface area contributed by atoms with Crippen molar-refractivity contribution in [2.75, 3.05) is 19.6 Å². The second-order valence-electron chi connectivity index (χ2n) is 5.72. The zero-order valence-electron chi connectivity index (χ0n) is 12.3. The quantitative estimate of drug-likeness (QED) is 0.919. The number of hydrogen-bond acceptors (Lipinski definition) is 3. The molecule has 110 valence electrons. The monoisotopic (exact) mass is 276 g/mol. The van der Waals surface area contributed by atoms with E-state index in [1.54, 1.807) is 0 Å². The number of nitrogens with zero attached hydrogens (tertiary/aromatic N) is 1. The Bertz CT molecular complexity index is 420. The highest BCUT2D eigenvalue weighted by Crippen LogP contribution is 2.15. The van der Waals surface area contributed by atoms with Crippen LogP contribution in [0.15, 0.2) is 30.3 Å². The summed E-state index contributed by atoms with van der Waals surface area (Å²) in [5, 5.41) is 3.35. The first-order valence-corrected chi connectivity index (χ1v) is 7.35. The van der Waals surface area contributed by atoms with Crippen LogP contribution in [0, 0.1) is 5.92 Å². The highest BCUT2D eigenvalue weighted by Gasteiger charge is 2.28. The number of nitrogens with one attached hydrogen (secondary N) is 1. The summed E-state index contributed by atoms with van der Waals surface area (Å²) >= 11 is 0. The molecule has 0 unspecified atom stereocenters. The van der Waals surface area contributed by atoms with Gasteiger partial charge in [0.15, 0.2) is 0 Å². The molecule has 1 atom stereocenters. The summed E-state index contributed by atoms with van der Waals surface area (Å²) in [6.45, 7) is 7.14. The molecule has 0 saturated carbocycles. The molecule has 4 heteroatoms. The summed E-state index contributed by atoms with van der Waals surface area (Å²) in [5.41, 5.74) is 1.02. The summed E-state index contributed by atoms with van der Waals surface area (Å²) in [5.74, 6) is 0.573. The first-order valence-electron chi connectivity index (χ1n) is 7.35. The molecule has 0 spiro atoms. The summed E-state index contributed by atoms with van der Waals surface area (Å²) in [7, 11) is 0. The number of carbonyl (C=O) groups excluding carboxylic acids is 1. The normalized spacial score (nSPS) is 19.1. The Morgan fingerprint density at radius 1 is 1.40 bits per heavy atom. The molecule has 1 amide bonds. The van der Waals surface area contributed by atoms with Gasteiger partial charge in [-0.05, 0) is 17.9 Å². The number of carbonyl (C=O) groups is 1. The van der Waals surface area contributed by atoms with Crippen LogP contribution in [0.25, 0.3) is 0 Å². The van der Waals surface area contributed by atoms with Crippen molar-refractivity contribution in [1.29, 1.82) is 0 Å². The fraction of sp³-hybridized carbons (Fsp3) is 0.562. The van der Waals surface area contributed by atoms with Gasteiger partial charge in [-0.25, -0.2) is 4.79 Å². The number of rotatable bonds is 4. The van der Waals surface area contributed by atoms with Crippen LogP contribution in [0.4, 0.5) is 4.79 Å². The lowest BCUT2D eigenvalue weighted by atomic mass is 10.0. The van der Waals surface area contributed by atoms with E-state index in [1.807, 2.05) is 35.2 Å².